The Hall–Kier alpha value is -2.76. The SMILES string of the molecule is Cc1ccccc1Cn1nc(-n2cncn2)ccc1=O. The molecule has 3 aromatic rings. The first-order valence-corrected chi connectivity index (χ1v) is 6.22. The van der Waals surface area contributed by atoms with Crippen LogP contribution < -0.4 is 5.56 Å². The van der Waals surface area contributed by atoms with E-state index in [1.54, 1.807) is 12.4 Å². The third-order valence-corrected chi connectivity index (χ3v) is 3.09. The van der Waals surface area contributed by atoms with Gasteiger partial charge in [0.2, 0.25) is 0 Å². The fourth-order valence-electron chi connectivity index (χ4n) is 1.95. The predicted molar refractivity (Wildman–Crippen MR) is 73.7 cm³/mol. The topological polar surface area (TPSA) is 65.6 Å². The van der Waals surface area contributed by atoms with E-state index in [2.05, 4.69) is 15.2 Å². The lowest BCUT2D eigenvalue weighted by molar-refractivity contribution is 0.617. The Bertz CT molecular complexity index is 776. The maximum absolute atomic E-state index is 11.9. The summed E-state index contributed by atoms with van der Waals surface area (Å²) in [6.07, 6.45) is 2.98. The molecule has 0 aliphatic heterocycles. The molecule has 0 spiro atoms. The van der Waals surface area contributed by atoms with E-state index >= 15 is 0 Å². The van der Waals surface area contributed by atoms with E-state index in [-0.39, 0.29) is 5.56 Å². The zero-order valence-corrected chi connectivity index (χ0v) is 11.0. The summed E-state index contributed by atoms with van der Waals surface area (Å²) in [6, 6.07) is 11.1. The molecule has 0 fully saturated rings. The minimum absolute atomic E-state index is 0.142. The van der Waals surface area contributed by atoms with Crippen LogP contribution in [0.2, 0.25) is 0 Å². The standard InChI is InChI=1S/C14H13N5O/c1-11-4-2-3-5-12(11)8-18-14(20)7-6-13(17-18)19-10-15-9-16-19/h2-7,9-10H,8H2,1H3. The van der Waals surface area contributed by atoms with Crippen molar-refractivity contribution in [3.8, 4) is 5.82 Å². The number of hydrogen-bond acceptors (Lipinski definition) is 4. The van der Waals surface area contributed by atoms with E-state index in [9.17, 15) is 4.79 Å². The monoisotopic (exact) mass is 267 g/mol. The molecule has 0 bridgehead atoms. The van der Waals surface area contributed by atoms with Gasteiger partial charge in [0, 0.05) is 6.07 Å². The number of benzene rings is 1. The Morgan fingerprint density at radius 2 is 2.00 bits per heavy atom. The lowest BCUT2D eigenvalue weighted by Gasteiger charge is -2.08. The van der Waals surface area contributed by atoms with Crippen LogP contribution in [-0.4, -0.2) is 24.5 Å². The van der Waals surface area contributed by atoms with Gasteiger partial charge in [0.25, 0.3) is 5.56 Å². The van der Waals surface area contributed by atoms with E-state index in [1.807, 2.05) is 31.2 Å². The molecule has 0 saturated carbocycles. The molecule has 6 nitrogen and oxygen atoms in total. The molecule has 20 heavy (non-hydrogen) atoms. The van der Waals surface area contributed by atoms with Crippen LogP contribution in [-0.2, 0) is 6.54 Å². The number of aromatic nitrogens is 5. The van der Waals surface area contributed by atoms with Gasteiger partial charge in [0.05, 0.1) is 6.54 Å². The average Bonchev–Trinajstić information content (AvgIpc) is 2.98. The van der Waals surface area contributed by atoms with Gasteiger partial charge in [-0.25, -0.2) is 14.3 Å². The molecule has 0 saturated heterocycles. The van der Waals surface area contributed by atoms with Crippen molar-refractivity contribution in [3.05, 3.63) is 70.5 Å². The van der Waals surface area contributed by atoms with E-state index in [4.69, 9.17) is 0 Å². The van der Waals surface area contributed by atoms with Crippen molar-refractivity contribution in [3.63, 3.8) is 0 Å². The second-order valence-corrected chi connectivity index (χ2v) is 4.45. The van der Waals surface area contributed by atoms with Gasteiger partial charge in [0.1, 0.15) is 12.7 Å². The van der Waals surface area contributed by atoms with Gasteiger partial charge < -0.3 is 0 Å². The van der Waals surface area contributed by atoms with Crippen LogP contribution in [0.25, 0.3) is 5.82 Å². The molecule has 0 aliphatic carbocycles. The molecular weight excluding hydrogens is 254 g/mol. The lowest BCUT2D eigenvalue weighted by Crippen LogP contribution is -2.24. The van der Waals surface area contributed by atoms with Crippen molar-refractivity contribution in [2.45, 2.75) is 13.5 Å². The van der Waals surface area contributed by atoms with Crippen molar-refractivity contribution >= 4 is 0 Å². The Morgan fingerprint density at radius 1 is 1.15 bits per heavy atom. The minimum atomic E-state index is -0.142. The number of hydrogen-bond donors (Lipinski definition) is 0. The van der Waals surface area contributed by atoms with Gasteiger partial charge in [-0.2, -0.15) is 5.10 Å². The molecule has 1 aromatic carbocycles. The summed E-state index contributed by atoms with van der Waals surface area (Å²) in [5.74, 6) is 0.565. The first kappa shape index (κ1) is 12.3. The molecule has 2 aromatic heterocycles. The summed E-state index contributed by atoms with van der Waals surface area (Å²) in [5, 5.41) is 8.33. The van der Waals surface area contributed by atoms with E-state index in [1.165, 1.54) is 21.8 Å². The van der Waals surface area contributed by atoms with E-state index in [0.717, 1.165) is 11.1 Å². The fourth-order valence-corrected chi connectivity index (χ4v) is 1.95. The third-order valence-electron chi connectivity index (χ3n) is 3.09. The van der Waals surface area contributed by atoms with Crippen LogP contribution in [0.5, 0.6) is 0 Å². The smallest absolute Gasteiger partial charge is 0.267 e. The molecule has 0 aliphatic rings. The maximum Gasteiger partial charge on any atom is 0.267 e. The van der Waals surface area contributed by atoms with Crippen molar-refractivity contribution in [1.82, 2.24) is 24.5 Å². The number of nitrogens with zero attached hydrogens (tertiary/aromatic N) is 5. The zero-order chi connectivity index (χ0) is 13.9. The first-order chi connectivity index (χ1) is 9.74. The number of aryl methyl sites for hydroxylation is 1. The summed E-state index contributed by atoms with van der Waals surface area (Å²) < 4.78 is 2.95. The minimum Gasteiger partial charge on any atom is -0.268 e. The number of rotatable bonds is 3. The normalized spacial score (nSPS) is 10.7. The van der Waals surface area contributed by atoms with Crippen LogP contribution in [0, 0.1) is 6.92 Å². The Labute approximate surface area is 115 Å². The lowest BCUT2D eigenvalue weighted by atomic mass is 10.1. The Kier molecular flexibility index (Phi) is 3.12. The van der Waals surface area contributed by atoms with Crippen LogP contribution >= 0.6 is 0 Å². The summed E-state index contributed by atoms with van der Waals surface area (Å²) in [7, 11) is 0. The van der Waals surface area contributed by atoms with Crippen molar-refractivity contribution in [2.24, 2.45) is 0 Å². The molecule has 6 heteroatoms. The van der Waals surface area contributed by atoms with Gasteiger partial charge in [-0.3, -0.25) is 4.79 Å². The average molecular weight is 267 g/mol. The molecule has 100 valence electrons. The Balaban J connectivity index is 2.00. The summed E-state index contributed by atoms with van der Waals surface area (Å²) in [5.41, 5.74) is 2.06. The van der Waals surface area contributed by atoms with Gasteiger partial charge >= 0.3 is 0 Å². The summed E-state index contributed by atoms with van der Waals surface area (Å²) >= 11 is 0. The third kappa shape index (κ3) is 2.35. The molecule has 2 heterocycles. The zero-order valence-electron chi connectivity index (χ0n) is 11.0. The fraction of sp³-hybridized carbons (Fsp3) is 0.143. The quantitative estimate of drug-likeness (QED) is 0.714. The molecule has 3 rings (SSSR count). The molecule has 0 radical (unpaired) electrons. The van der Waals surface area contributed by atoms with Gasteiger partial charge in [-0.05, 0) is 24.1 Å². The second-order valence-electron chi connectivity index (χ2n) is 4.45. The highest BCUT2D eigenvalue weighted by Gasteiger charge is 2.05. The predicted octanol–water partition coefficient (Wildman–Crippen LogP) is 1.18. The van der Waals surface area contributed by atoms with Gasteiger partial charge in [-0.1, -0.05) is 24.3 Å². The second kappa shape index (κ2) is 5.08. The Morgan fingerprint density at radius 3 is 2.75 bits per heavy atom. The van der Waals surface area contributed by atoms with Crippen LogP contribution in [0.4, 0.5) is 0 Å². The molecule has 0 N–H and O–H groups in total. The molecule has 0 unspecified atom stereocenters. The highest BCUT2D eigenvalue weighted by molar-refractivity contribution is 5.26. The van der Waals surface area contributed by atoms with Gasteiger partial charge in [-0.15, -0.1) is 5.10 Å². The molecule has 0 atom stereocenters. The van der Waals surface area contributed by atoms with Crippen LogP contribution in [0.1, 0.15) is 11.1 Å². The molecular formula is C14H13N5O. The van der Waals surface area contributed by atoms with Crippen LogP contribution in [0.3, 0.4) is 0 Å². The highest BCUT2D eigenvalue weighted by Crippen LogP contribution is 2.08. The van der Waals surface area contributed by atoms with Gasteiger partial charge in [0.15, 0.2) is 5.82 Å². The van der Waals surface area contributed by atoms with Crippen molar-refractivity contribution in [2.75, 3.05) is 0 Å². The molecule has 0 amide bonds. The summed E-state index contributed by atoms with van der Waals surface area (Å²) in [6.45, 7) is 2.45. The largest absolute Gasteiger partial charge is 0.268 e. The van der Waals surface area contributed by atoms with Crippen LogP contribution in [0.15, 0.2) is 53.8 Å². The summed E-state index contributed by atoms with van der Waals surface area (Å²) in [4.78, 5) is 15.8. The van der Waals surface area contributed by atoms with Crippen molar-refractivity contribution in [1.29, 1.82) is 0 Å². The van der Waals surface area contributed by atoms with E-state index < -0.39 is 0 Å². The maximum atomic E-state index is 11.9. The first-order valence-electron chi connectivity index (χ1n) is 6.22. The van der Waals surface area contributed by atoms with E-state index in [0.29, 0.717) is 12.4 Å². The van der Waals surface area contributed by atoms with Crippen molar-refractivity contribution < 1.29 is 0 Å². The highest BCUT2D eigenvalue weighted by atomic mass is 16.1.